The highest BCUT2D eigenvalue weighted by Gasteiger charge is 1.90. The summed E-state index contributed by atoms with van der Waals surface area (Å²) in [5.41, 5.74) is 17.2. The van der Waals surface area contributed by atoms with E-state index in [0.29, 0.717) is 0 Å². The third-order valence-electron chi connectivity index (χ3n) is 1.71. The fourth-order valence-corrected chi connectivity index (χ4v) is 1.11. The molecule has 94 valence electrons. The van der Waals surface area contributed by atoms with Crippen molar-refractivity contribution in [1.82, 2.24) is 10.9 Å². The monoisotopic (exact) mass is 280 g/mol. The average molecular weight is 280 g/mol. The van der Waals surface area contributed by atoms with Crippen LogP contribution in [0.2, 0.25) is 0 Å². The van der Waals surface area contributed by atoms with Crippen LogP contribution in [0.5, 0.6) is 0 Å². The minimum Gasteiger partial charge on any atom is -0.375 e. The lowest BCUT2D eigenvalue weighted by Crippen LogP contribution is -2.24. The van der Waals surface area contributed by atoms with Gasteiger partial charge in [0, 0.05) is 0 Å². The molecule has 0 heterocycles. The van der Waals surface area contributed by atoms with Gasteiger partial charge in [-0.1, -0.05) is 24.3 Å². The summed E-state index contributed by atoms with van der Waals surface area (Å²) in [5, 5.41) is 7.92. The van der Waals surface area contributed by atoms with Crippen molar-refractivity contribution < 1.29 is 0 Å². The van der Waals surface area contributed by atoms with Gasteiger partial charge in [0.25, 0.3) is 0 Å². The number of nitrogens with zero attached hydrogens (tertiary/aromatic N) is 2. The summed E-state index contributed by atoms with van der Waals surface area (Å²) >= 11 is 9.22. The van der Waals surface area contributed by atoms with Gasteiger partial charge in [-0.2, -0.15) is 10.2 Å². The zero-order chi connectivity index (χ0) is 13.4. The van der Waals surface area contributed by atoms with E-state index < -0.39 is 0 Å². The fraction of sp³-hybridized carbons (Fsp3) is 0. The van der Waals surface area contributed by atoms with Gasteiger partial charge in [-0.15, -0.1) is 0 Å². The van der Waals surface area contributed by atoms with Crippen molar-refractivity contribution in [3.05, 3.63) is 35.4 Å². The number of nitrogens with two attached hydrogens (primary N) is 2. The second kappa shape index (κ2) is 7.30. The summed E-state index contributed by atoms with van der Waals surface area (Å²) in [7, 11) is 0. The summed E-state index contributed by atoms with van der Waals surface area (Å²) in [6.45, 7) is 0. The van der Waals surface area contributed by atoms with Crippen molar-refractivity contribution in [3.8, 4) is 0 Å². The minimum absolute atomic E-state index is 0.124. The van der Waals surface area contributed by atoms with Crippen LogP contribution in [0.15, 0.2) is 34.5 Å². The molecule has 0 saturated carbocycles. The number of rotatable bonds is 4. The smallest absolute Gasteiger partial charge is 0.184 e. The quantitative estimate of drug-likeness (QED) is 0.352. The van der Waals surface area contributed by atoms with Gasteiger partial charge < -0.3 is 11.5 Å². The molecule has 18 heavy (non-hydrogen) atoms. The second-order valence-electron chi connectivity index (χ2n) is 3.14. The molecule has 1 rings (SSSR count). The Morgan fingerprint density at radius 3 is 1.50 bits per heavy atom. The van der Waals surface area contributed by atoms with Gasteiger partial charge in [0.15, 0.2) is 10.2 Å². The minimum atomic E-state index is 0.124. The number of nitrogens with one attached hydrogen (secondary N) is 2. The maximum Gasteiger partial charge on any atom is 0.184 e. The Balaban J connectivity index is 2.57. The lowest BCUT2D eigenvalue weighted by atomic mass is 10.2. The molecule has 0 saturated heterocycles. The maximum atomic E-state index is 5.22. The molecule has 0 aliphatic rings. The molecule has 0 atom stereocenters. The molecule has 0 spiro atoms. The Bertz CT molecular complexity index is 435. The van der Waals surface area contributed by atoms with Crippen LogP contribution in [0.25, 0.3) is 0 Å². The predicted octanol–water partition coefficient (Wildman–Crippen LogP) is 0.0208. The molecule has 6 N–H and O–H groups in total. The number of hydrogen-bond acceptors (Lipinski definition) is 4. The molecule has 1 aromatic carbocycles. The van der Waals surface area contributed by atoms with Crippen LogP contribution >= 0.6 is 24.4 Å². The molecule has 0 unspecified atom stereocenters. The molecule has 0 fully saturated rings. The standard InChI is InChI=1S/C10H12N6S2/c11-9(17)15-13-5-7-1-2-8(4-3-7)6-14-16-10(12)18/h1-6H,(H3,11,15,17)(H3,12,16,18)/b13-5+,14-6+. The molecule has 0 aromatic heterocycles. The Kier molecular flexibility index (Phi) is 5.68. The van der Waals surface area contributed by atoms with Crippen molar-refractivity contribution in [2.75, 3.05) is 0 Å². The topological polar surface area (TPSA) is 101 Å². The van der Waals surface area contributed by atoms with Gasteiger partial charge in [0.1, 0.15) is 0 Å². The fourth-order valence-electron chi connectivity index (χ4n) is 1.01. The Hall–Kier alpha value is -2.06. The Morgan fingerprint density at radius 1 is 0.889 bits per heavy atom. The van der Waals surface area contributed by atoms with E-state index in [1.54, 1.807) is 12.4 Å². The van der Waals surface area contributed by atoms with E-state index in [4.69, 9.17) is 11.5 Å². The van der Waals surface area contributed by atoms with E-state index in [1.165, 1.54) is 0 Å². The molecule has 8 heteroatoms. The average Bonchev–Trinajstić information content (AvgIpc) is 2.30. The summed E-state index contributed by atoms with van der Waals surface area (Å²) in [5.74, 6) is 0. The van der Waals surface area contributed by atoms with Crippen LogP contribution in [0, 0.1) is 0 Å². The first kappa shape index (κ1) is 14.0. The lowest BCUT2D eigenvalue weighted by Gasteiger charge is -1.97. The van der Waals surface area contributed by atoms with E-state index in [-0.39, 0.29) is 10.2 Å². The zero-order valence-electron chi connectivity index (χ0n) is 9.33. The van der Waals surface area contributed by atoms with Crippen molar-refractivity contribution in [2.45, 2.75) is 0 Å². The molecule has 0 aliphatic heterocycles. The molecule has 0 bridgehead atoms. The van der Waals surface area contributed by atoms with E-state index in [9.17, 15) is 0 Å². The van der Waals surface area contributed by atoms with Crippen LogP contribution in [0.1, 0.15) is 11.1 Å². The van der Waals surface area contributed by atoms with Gasteiger partial charge in [-0.3, -0.25) is 10.9 Å². The Morgan fingerprint density at radius 2 is 1.22 bits per heavy atom. The van der Waals surface area contributed by atoms with Crippen LogP contribution in [-0.2, 0) is 0 Å². The molecule has 6 nitrogen and oxygen atoms in total. The van der Waals surface area contributed by atoms with Gasteiger partial charge in [0.05, 0.1) is 12.4 Å². The van der Waals surface area contributed by atoms with E-state index in [1.807, 2.05) is 24.3 Å². The van der Waals surface area contributed by atoms with Crippen molar-refractivity contribution >= 4 is 47.1 Å². The van der Waals surface area contributed by atoms with Crippen LogP contribution < -0.4 is 22.3 Å². The summed E-state index contributed by atoms with van der Waals surface area (Å²) in [6, 6.07) is 7.47. The molecule has 0 radical (unpaired) electrons. The number of hydrogen-bond donors (Lipinski definition) is 4. The first-order valence-corrected chi connectivity index (χ1v) is 5.66. The van der Waals surface area contributed by atoms with E-state index >= 15 is 0 Å². The van der Waals surface area contributed by atoms with Gasteiger partial charge >= 0.3 is 0 Å². The normalized spacial score (nSPS) is 10.7. The molecule has 1 aromatic rings. The zero-order valence-corrected chi connectivity index (χ0v) is 11.0. The van der Waals surface area contributed by atoms with Gasteiger partial charge in [0.2, 0.25) is 0 Å². The van der Waals surface area contributed by atoms with Crippen LogP contribution in [0.4, 0.5) is 0 Å². The van der Waals surface area contributed by atoms with E-state index in [2.05, 4.69) is 45.5 Å². The lowest BCUT2D eigenvalue weighted by molar-refractivity contribution is 1.04. The van der Waals surface area contributed by atoms with Crippen LogP contribution in [0.3, 0.4) is 0 Å². The number of thiocarbonyl (C=S) groups is 2. The summed E-state index contributed by atoms with van der Waals surface area (Å²) < 4.78 is 0. The van der Waals surface area contributed by atoms with Crippen molar-refractivity contribution in [2.24, 2.45) is 21.7 Å². The molecular formula is C10H12N6S2. The molecule has 0 aliphatic carbocycles. The first-order valence-electron chi connectivity index (χ1n) is 4.85. The third kappa shape index (κ3) is 5.87. The summed E-state index contributed by atoms with van der Waals surface area (Å²) in [4.78, 5) is 0. The van der Waals surface area contributed by atoms with Gasteiger partial charge in [-0.25, -0.2) is 0 Å². The maximum absolute atomic E-state index is 5.22. The predicted molar refractivity (Wildman–Crippen MR) is 81.5 cm³/mol. The van der Waals surface area contributed by atoms with Crippen molar-refractivity contribution in [3.63, 3.8) is 0 Å². The second-order valence-corrected chi connectivity index (χ2v) is 4.01. The number of benzene rings is 1. The molecule has 0 amide bonds. The van der Waals surface area contributed by atoms with Gasteiger partial charge in [-0.05, 0) is 35.6 Å². The summed E-state index contributed by atoms with van der Waals surface area (Å²) in [6.07, 6.45) is 3.21. The van der Waals surface area contributed by atoms with Crippen LogP contribution in [-0.4, -0.2) is 22.7 Å². The highest BCUT2D eigenvalue weighted by molar-refractivity contribution is 7.80. The number of hydrazone groups is 2. The Labute approximate surface area is 115 Å². The molecular weight excluding hydrogens is 268 g/mol. The highest BCUT2D eigenvalue weighted by atomic mass is 32.1. The largest absolute Gasteiger partial charge is 0.375 e. The van der Waals surface area contributed by atoms with E-state index in [0.717, 1.165) is 11.1 Å². The third-order valence-corrected chi connectivity index (χ3v) is 1.90. The first-order chi connectivity index (χ1) is 8.58. The SMILES string of the molecule is NC(=S)N/N=C/c1ccc(/C=N/NC(N)=S)cc1. The highest BCUT2D eigenvalue weighted by Crippen LogP contribution is 1.99. The van der Waals surface area contributed by atoms with Crippen molar-refractivity contribution in [1.29, 1.82) is 0 Å².